The number of pyridine rings is 4. The van der Waals surface area contributed by atoms with Crippen LogP contribution in [0.15, 0.2) is 116 Å². The van der Waals surface area contributed by atoms with Gasteiger partial charge in [0, 0.05) is 34.1 Å². The number of hydrogen-bond acceptors (Lipinski definition) is 5. The molecule has 0 fully saturated rings. The highest BCUT2D eigenvalue weighted by atomic mass is 32.1. The summed E-state index contributed by atoms with van der Waals surface area (Å²) in [7, 11) is 0. The van der Waals surface area contributed by atoms with E-state index in [9.17, 15) is 0 Å². The Balaban J connectivity index is 1.52. The Labute approximate surface area is 221 Å². The summed E-state index contributed by atoms with van der Waals surface area (Å²) in [6.07, 6.45) is 5.69. The molecule has 0 unspecified atom stereocenters. The molecule has 38 heavy (non-hydrogen) atoms. The van der Waals surface area contributed by atoms with E-state index in [0.717, 1.165) is 50.6 Å². The molecule has 0 spiro atoms. The van der Waals surface area contributed by atoms with E-state index in [1.807, 2.05) is 48.5 Å². The molecule has 2 aromatic carbocycles. The summed E-state index contributed by atoms with van der Waals surface area (Å²) in [4.78, 5) is 19.3. The maximum absolute atomic E-state index is 5.04. The minimum atomic E-state index is 0.815. The normalized spacial score (nSPS) is 11.7. The molecular weight excluding hydrogens is 486 g/mol. The lowest BCUT2D eigenvalue weighted by Gasteiger charge is -2.11. The fraction of sp³-hybridized carbons (Fsp3) is 0. The topological polar surface area (TPSA) is 56.0 Å². The standard InChI is InChI=1S/C32H19N5S/c1-2-12-28-21(9-1)30-22(19-27-31(32(30)38-28)36-29-13-5-8-16-37(27)29)20-17-25(23-10-3-6-14-33-23)35-26(18-20)24-11-4-7-15-34-24/h1-19H. The highest BCUT2D eigenvalue weighted by Gasteiger charge is 2.19. The minimum Gasteiger partial charge on any atom is -0.300 e. The summed E-state index contributed by atoms with van der Waals surface area (Å²) in [6.45, 7) is 0. The quantitative estimate of drug-likeness (QED) is 0.244. The molecule has 0 atom stereocenters. The van der Waals surface area contributed by atoms with Gasteiger partial charge in [0.05, 0.1) is 33.0 Å². The van der Waals surface area contributed by atoms with E-state index in [-0.39, 0.29) is 0 Å². The Morgan fingerprint density at radius 3 is 2.08 bits per heavy atom. The van der Waals surface area contributed by atoms with Gasteiger partial charge in [-0.3, -0.25) is 14.4 Å². The van der Waals surface area contributed by atoms with E-state index in [1.165, 1.54) is 20.2 Å². The Kier molecular flexibility index (Phi) is 4.62. The van der Waals surface area contributed by atoms with E-state index >= 15 is 0 Å². The minimum absolute atomic E-state index is 0.815. The Hall–Kier alpha value is -4.94. The first-order chi connectivity index (χ1) is 18.8. The molecule has 6 heterocycles. The summed E-state index contributed by atoms with van der Waals surface area (Å²) in [5.41, 5.74) is 8.56. The second-order valence-electron chi connectivity index (χ2n) is 9.19. The Bertz CT molecular complexity index is 2070. The van der Waals surface area contributed by atoms with Gasteiger partial charge in [-0.05, 0) is 71.8 Å². The Morgan fingerprint density at radius 2 is 1.34 bits per heavy atom. The average molecular weight is 506 g/mol. The average Bonchev–Trinajstić information content (AvgIpc) is 3.56. The number of thiophene rings is 1. The van der Waals surface area contributed by atoms with Crippen molar-refractivity contribution in [3.63, 3.8) is 0 Å². The van der Waals surface area contributed by atoms with Gasteiger partial charge in [0.2, 0.25) is 0 Å². The Morgan fingerprint density at radius 1 is 0.632 bits per heavy atom. The first-order valence-corrected chi connectivity index (χ1v) is 13.2. The van der Waals surface area contributed by atoms with Crippen molar-refractivity contribution in [2.75, 3.05) is 0 Å². The lowest BCUT2D eigenvalue weighted by Crippen LogP contribution is -1.94. The SMILES string of the molecule is c1ccc(-c2cc(-c3cc4c(nc5ccccn54)c4sc5ccccc5c34)cc(-c3ccccn3)n2)nc1. The third-order valence-electron chi connectivity index (χ3n) is 6.92. The maximum atomic E-state index is 5.04. The molecule has 5 nitrogen and oxygen atoms in total. The van der Waals surface area contributed by atoms with Crippen LogP contribution in [0.5, 0.6) is 0 Å². The van der Waals surface area contributed by atoms with Crippen molar-refractivity contribution in [2.24, 2.45) is 0 Å². The summed E-state index contributed by atoms with van der Waals surface area (Å²) < 4.78 is 4.61. The van der Waals surface area contributed by atoms with Gasteiger partial charge >= 0.3 is 0 Å². The van der Waals surface area contributed by atoms with Gasteiger partial charge < -0.3 is 0 Å². The molecule has 0 saturated carbocycles. The molecule has 178 valence electrons. The fourth-order valence-electron chi connectivity index (χ4n) is 5.21. The van der Waals surface area contributed by atoms with Gasteiger partial charge in [0.15, 0.2) is 0 Å². The molecule has 0 amide bonds. The van der Waals surface area contributed by atoms with Crippen LogP contribution in [0.4, 0.5) is 0 Å². The van der Waals surface area contributed by atoms with Gasteiger partial charge in [0.1, 0.15) is 11.2 Å². The maximum Gasteiger partial charge on any atom is 0.137 e. The molecule has 0 N–H and O–H groups in total. The van der Waals surface area contributed by atoms with Crippen molar-refractivity contribution in [1.29, 1.82) is 0 Å². The van der Waals surface area contributed by atoms with Crippen molar-refractivity contribution < 1.29 is 0 Å². The summed E-state index contributed by atoms with van der Waals surface area (Å²) in [5, 5.41) is 2.45. The highest BCUT2D eigenvalue weighted by Crippen LogP contribution is 2.44. The van der Waals surface area contributed by atoms with Crippen molar-refractivity contribution in [1.82, 2.24) is 24.3 Å². The summed E-state index contributed by atoms with van der Waals surface area (Å²) in [5.74, 6) is 0. The lowest BCUT2D eigenvalue weighted by molar-refractivity contribution is 1.22. The van der Waals surface area contributed by atoms with Gasteiger partial charge in [-0.2, -0.15) is 0 Å². The van der Waals surface area contributed by atoms with Crippen molar-refractivity contribution in [3.05, 3.63) is 116 Å². The predicted octanol–water partition coefficient (Wildman–Crippen LogP) is 8.04. The van der Waals surface area contributed by atoms with Gasteiger partial charge in [0.25, 0.3) is 0 Å². The zero-order valence-electron chi connectivity index (χ0n) is 20.1. The molecule has 6 aromatic heterocycles. The fourth-order valence-corrected chi connectivity index (χ4v) is 6.43. The molecule has 0 aliphatic rings. The van der Waals surface area contributed by atoms with Crippen molar-refractivity contribution in [3.8, 4) is 33.9 Å². The molecule has 8 aromatic rings. The molecule has 0 aliphatic heterocycles. The number of hydrogen-bond donors (Lipinski definition) is 0. The van der Waals surface area contributed by atoms with Crippen LogP contribution in [0.3, 0.4) is 0 Å². The second-order valence-corrected chi connectivity index (χ2v) is 10.2. The van der Waals surface area contributed by atoms with E-state index in [2.05, 4.69) is 69.1 Å². The lowest BCUT2D eigenvalue weighted by atomic mass is 9.97. The van der Waals surface area contributed by atoms with Crippen LogP contribution in [-0.4, -0.2) is 24.3 Å². The summed E-state index contributed by atoms with van der Waals surface area (Å²) in [6, 6.07) is 33.1. The molecule has 0 saturated heterocycles. The third-order valence-corrected chi connectivity index (χ3v) is 8.10. The van der Waals surface area contributed by atoms with Crippen LogP contribution in [-0.2, 0) is 0 Å². The molecular formula is C32H19N5S. The first-order valence-electron chi connectivity index (χ1n) is 12.4. The van der Waals surface area contributed by atoms with Crippen molar-refractivity contribution >= 4 is 48.2 Å². The number of rotatable bonds is 3. The van der Waals surface area contributed by atoms with Gasteiger partial charge in [-0.15, -0.1) is 11.3 Å². The van der Waals surface area contributed by atoms with Crippen LogP contribution >= 0.6 is 11.3 Å². The van der Waals surface area contributed by atoms with E-state index < -0.39 is 0 Å². The van der Waals surface area contributed by atoms with Crippen LogP contribution < -0.4 is 0 Å². The number of benzene rings is 2. The zero-order chi connectivity index (χ0) is 25.1. The van der Waals surface area contributed by atoms with Gasteiger partial charge in [-0.1, -0.05) is 36.4 Å². The van der Waals surface area contributed by atoms with Crippen LogP contribution in [0, 0.1) is 0 Å². The van der Waals surface area contributed by atoms with Gasteiger partial charge in [-0.25, -0.2) is 9.97 Å². The number of nitrogens with zero attached hydrogens (tertiary/aromatic N) is 5. The third kappa shape index (κ3) is 3.24. The largest absolute Gasteiger partial charge is 0.300 e. The predicted molar refractivity (Wildman–Crippen MR) is 155 cm³/mol. The first kappa shape index (κ1) is 21.2. The molecule has 0 aliphatic carbocycles. The molecule has 0 bridgehead atoms. The highest BCUT2D eigenvalue weighted by molar-refractivity contribution is 7.26. The second kappa shape index (κ2) is 8.30. The number of fused-ring (bicyclic) bond motifs is 7. The van der Waals surface area contributed by atoms with Crippen LogP contribution in [0.1, 0.15) is 0 Å². The van der Waals surface area contributed by atoms with E-state index in [4.69, 9.17) is 9.97 Å². The molecule has 6 heteroatoms. The van der Waals surface area contributed by atoms with Crippen molar-refractivity contribution in [2.45, 2.75) is 0 Å². The smallest absolute Gasteiger partial charge is 0.137 e. The molecule has 8 rings (SSSR count). The molecule has 0 radical (unpaired) electrons. The number of imidazole rings is 1. The van der Waals surface area contributed by atoms with Crippen LogP contribution in [0.2, 0.25) is 0 Å². The van der Waals surface area contributed by atoms with E-state index in [1.54, 1.807) is 23.7 Å². The van der Waals surface area contributed by atoms with E-state index in [0.29, 0.717) is 0 Å². The van der Waals surface area contributed by atoms with Crippen LogP contribution in [0.25, 0.3) is 70.8 Å². The zero-order valence-corrected chi connectivity index (χ0v) is 20.9. The summed E-state index contributed by atoms with van der Waals surface area (Å²) >= 11 is 1.80. The monoisotopic (exact) mass is 505 g/mol. The number of aromatic nitrogens is 5.